The maximum absolute atomic E-state index is 11.4. The molecule has 4 heteroatoms. The van der Waals surface area contributed by atoms with Gasteiger partial charge in [0.15, 0.2) is 0 Å². The number of rotatable bonds is 9. The molecule has 0 radical (unpaired) electrons. The van der Waals surface area contributed by atoms with Crippen molar-refractivity contribution in [1.82, 2.24) is 0 Å². The van der Waals surface area contributed by atoms with E-state index in [1.54, 1.807) is 0 Å². The first kappa shape index (κ1) is 15.9. The zero-order valence-corrected chi connectivity index (χ0v) is 11.2. The quantitative estimate of drug-likeness (QED) is 0.462. The molecule has 0 aliphatic carbocycles. The van der Waals surface area contributed by atoms with Gasteiger partial charge in [0.25, 0.3) is 0 Å². The van der Waals surface area contributed by atoms with E-state index in [0.29, 0.717) is 19.4 Å². The fraction of sp³-hybridized carbons (Fsp3) is 0.846. The van der Waals surface area contributed by atoms with Crippen LogP contribution >= 0.6 is 0 Å². The lowest BCUT2D eigenvalue weighted by atomic mass is 10.2. The Morgan fingerprint density at radius 3 is 2.29 bits per heavy atom. The van der Waals surface area contributed by atoms with E-state index >= 15 is 0 Å². The Bertz CT molecular complexity index is 225. The lowest BCUT2D eigenvalue weighted by Gasteiger charge is -2.15. The summed E-state index contributed by atoms with van der Waals surface area (Å²) in [7, 11) is 0. The second-order valence-electron chi connectivity index (χ2n) is 4.05. The van der Waals surface area contributed by atoms with E-state index in [0.717, 1.165) is 19.3 Å². The van der Waals surface area contributed by atoms with Crippen molar-refractivity contribution in [2.75, 3.05) is 6.61 Å². The lowest BCUT2D eigenvalue weighted by Crippen LogP contribution is -2.22. The molecule has 0 fully saturated rings. The Labute approximate surface area is 104 Å². The van der Waals surface area contributed by atoms with Gasteiger partial charge in [-0.15, -0.1) is 0 Å². The first-order valence-electron chi connectivity index (χ1n) is 6.49. The van der Waals surface area contributed by atoms with Gasteiger partial charge in [-0.2, -0.15) is 0 Å². The van der Waals surface area contributed by atoms with Crippen molar-refractivity contribution in [2.24, 2.45) is 0 Å². The summed E-state index contributed by atoms with van der Waals surface area (Å²) in [4.78, 5) is 22.7. The average molecular weight is 244 g/mol. The van der Waals surface area contributed by atoms with Gasteiger partial charge in [0.1, 0.15) is 6.10 Å². The van der Waals surface area contributed by atoms with Crippen molar-refractivity contribution >= 4 is 11.9 Å². The van der Waals surface area contributed by atoms with Gasteiger partial charge in [-0.05, 0) is 19.3 Å². The summed E-state index contributed by atoms with van der Waals surface area (Å²) in [5.74, 6) is -0.518. The van der Waals surface area contributed by atoms with Crippen molar-refractivity contribution < 1.29 is 19.1 Å². The van der Waals surface area contributed by atoms with Gasteiger partial charge in [0.2, 0.25) is 0 Å². The molecule has 0 aromatic rings. The molecular weight excluding hydrogens is 220 g/mol. The smallest absolute Gasteiger partial charge is 0.309 e. The summed E-state index contributed by atoms with van der Waals surface area (Å²) in [6.07, 6.45) is 3.49. The summed E-state index contributed by atoms with van der Waals surface area (Å²) in [6.45, 7) is 6.30. The molecule has 0 aromatic heterocycles. The van der Waals surface area contributed by atoms with Crippen LogP contribution in [0.25, 0.3) is 0 Å². The molecule has 0 aromatic carbocycles. The van der Waals surface area contributed by atoms with Crippen LogP contribution in [0.3, 0.4) is 0 Å². The summed E-state index contributed by atoms with van der Waals surface area (Å²) in [6, 6.07) is 0. The number of ether oxygens (including phenoxy) is 2. The van der Waals surface area contributed by atoms with Gasteiger partial charge < -0.3 is 9.47 Å². The van der Waals surface area contributed by atoms with Gasteiger partial charge in [-0.3, -0.25) is 9.59 Å². The van der Waals surface area contributed by atoms with Crippen LogP contribution in [0, 0.1) is 0 Å². The molecule has 100 valence electrons. The summed E-state index contributed by atoms with van der Waals surface area (Å²) < 4.78 is 10.2. The average Bonchev–Trinajstić information content (AvgIpc) is 2.28. The van der Waals surface area contributed by atoms with E-state index in [1.165, 1.54) is 0 Å². The van der Waals surface area contributed by atoms with Crippen molar-refractivity contribution in [3.8, 4) is 0 Å². The Balaban J connectivity index is 3.86. The summed E-state index contributed by atoms with van der Waals surface area (Å²) in [5.41, 5.74) is 0. The highest BCUT2D eigenvalue weighted by Gasteiger charge is 2.17. The number of carbonyl (C=O) groups is 2. The van der Waals surface area contributed by atoms with Gasteiger partial charge in [0.05, 0.1) is 13.0 Å². The van der Waals surface area contributed by atoms with Gasteiger partial charge in [0, 0.05) is 6.42 Å². The third kappa shape index (κ3) is 8.72. The zero-order valence-electron chi connectivity index (χ0n) is 11.2. The zero-order chi connectivity index (χ0) is 13.1. The fourth-order valence-electron chi connectivity index (χ4n) is 1.29. The maximum Gasteiger partial charge on any atom is 0.309 e. The topological polar surface area (TPSA) is 52.6 Å². The van der Waals surface area contributed by atoms with Crippen molar-refractivity contribution in [1.29, 1.82) is 0 Å². The molecule has 17 heavy (non-hydrogen) atoms. The van der Waals surface area contributed by atoms with Gasteiger partial charge in [-0.25, -0.2) is 0 Å². The molecule has 0 saturated heterocycles. The first-order valence-corrected chi connectivity index (χ1v) is 6.49. The number of hydrogen-bond acceptors (Lipinski definition) is 4. The molecule has 0 spiro atoms. The molecule has 0 aliphatic heterocycles. The van der Waals surface area contributed by atoms with E-state index in [9.17, 15) is 9.59 Å². The highest BCUT2D eigenvalue weighted by Crippen LogP contribution is 2.07. The van der Waals surface area contributed by atoms with E-state index in [1.807, 2.05) is 20.8 Å². The van der Waals surface area contributed by atoms with Crippen molar-refractivity contribution in [3.63, 3.8) is 0 Å². The minimum atomic E-state index is -0.344. The predicted octanol–water partition coefficient (Wildman–Crippen LogP) is 2.84. The van der Waals surface area contributed by atoms with Crippen molar-refractivity contribution in [2.45, 2.75) is 65.4 Å². The normalized spacial score (nSPS) is 11.9. The fourth-order valence-corrected chi connectivity index (χ4v) is 1.29. The number of unbranched alkanes of at least 4 members (excludes halogenated alkanes) is 1. The highest BCUT2D eigenvalue weighted by atomic mass is 16.6. The van der Waals surface area contributed by atoms with E-state index in [-0.39, 0.29) is 24.5 Å². The van der Waals surface area contributed by atoms with Crippen LogP contribution in [0.5, 0.6) is 0 Å². The minimum Gasteiger partial charge on any atom is -0.466 e. The van der Waals surface area contributed by atoms with Gasteiger partial charge in [-0.1, -0.05) is 27.2 Å². The van der Waals surface area contributed by atoms with Crippen LogP contribution in [0.2, 0.25) is 0 Å². The molecule has 1 unspecified atom stereocenters. The monoisotopic (exact) mass is 244 g/mol. The van der Waals surface area contributed by atoms with Crippen molar-refractivity contribution in [3.05, 3.63) is 0 Å². The molecule has 4 nitrogen and oxygen atoms in total. The summed E-state index contributed by atoms with van der Waals surface area (Å²) >= 11 is 0. The minimum absolute atomic E-state index is 0.162. The third-order valence-electron chi connectivity index (χ3n) is 2.36. The predicted molar refractivity (Wildman–Crippen MR) is 65.6 cm³/mol. The molecule has 0 heterocycles. The lowest BCUT2D eigenvalue weighted by molar-refractivity contribution is -0.155. The highest BCUT2D eigenvalue weighted by molar-refractivity contribution is 5.72. The molecule has 0 bridgehead atoms. The van der Waals surface area contributed by atoms with Crippen LogP contribution in [0.4, 0.5) is 0 Å². The first-order chi connectivity index (χ1) is 8.13. The largest absolute Gasteiger partial charge is 0.466 e. The molecule has 0 aliphatic rings. The standard InChI is InChI=1S/C13H24O4/c1-4-7-9-16-13(15)10-11(6-3)17-12(14)8-5-2/h11H,4-10H2,1-3H3. The number of hydrogen-bond donors (Lipinski definition) is 0. The Morgan fingerprint density at radius 1 is 1.06 bits per heavy atom. The SMILES string of the molecule is CCCCOC(=O)CC(CC)OC(=O)CCC. The Hall–Kier alpha value is -1.06. The van der Waals surface area contributed by atoms with Crippen LogP contribution in [0.1, 0.15) is 59.3 Å². The molecule has 0 saturated carbocycles. The van der Waals surface area contributed by atoms with Crippen LogP contribution in [0.15, 0.2) is 0 Å². The van der Waals surface area contributed by atoms with Gasteiger partial charge >= 0.3 is 11.9 Å². The van der Waals surface area contributed by atoms with E-state index < -0.39 is 0 Å². The van der Waals surface area contributed by atoms with Crippen LogP contribution < -0.4 is 0 Å². The van der Waals surface area contributed by atoms with Crippen LogP contribution in [-0.2, 0) is 19.1 Å². The second kappa shape index (κ2) is 10.1. The van der Waals surface area contributed by atoms with Crippen LogP contribution in [-0.4, -0.2) is 24.6 Å². The molecule has 0 N–H and O–H groups in total. The van der Waals surface area contributed by atoms with E-state index in [4.69, 9.17) is 9.47 Å². The maximum atomic E-state index is 11.4. The van der Waals surface area contributed by atoms with E-state index in [2.05, 4.69) is 0 Å². The third-order valence-corrected chi connectivity index (χ3v) is 2.36. The second-order valence-corrected chi connectivity index (χ2v) is 4.05. The number of esters is 2. The molecular formula is C13H24O4. The molecule has 0 rings (SSSR count). The Kier molecular flexibility index (Phi) is 9.49. The molecule has 1 atom stereocenters. The molecule has 0 amide bonds. The summed E-state index contributed by atoms with van der Waals surface area (Å²) in [5, 5.41) is 0. The Morgan fingerprint density at radius 2 is 1.76 bits per heavy atom. The number of carbonyl (C=O) groups excluding carboxylic acids is 2.